The Balaban J connectivity index is 1.72. The highest BCUT2D eigenvalue weighted by atomic mass is 16.6. The Morgan fingerprint density at radius 3 is 2.18 bits per heavy atom. The second kappa shape index (κ2) is 9.55. The van der Waals surface area contributed by atoms with E-state index in [0.717, 1.165) is 22.3 Å². The lowest BCUT2D eigenvalue weighted by atomic mass is 10.1. The molecule has 2 rings (SSSR count). The van der Waals surface area contributed by atoms with Crippen LogP contribution in [0.5, 0.6) is 5.75 Å². The average Bonchev–Trinajstić information content (AvgIpc) is 2.60. The summed E-state index contributed by atoms with van der Waals surface area (Å²) in [6.45, 7) is 6.82. The van der Waals surface area contributed by atoms with Crippen LogP contribution in [0.1, 0.15) is 22.3 Å². The Labute approximate surface area is 164 Å². The molecule has 0 saturated heterocycles. The molecular formula is C21H24N2O5. The number of carbonyl (C=O) groups excluding carboxylic acids is 3. The molecule has 0 aliphatic heterocycles. The first-order valence-electron chi connectivity index (χ1n) is 8.78. The van der Waals surface area contributed by atoms with E-state index in [2.05, 4.69) is 10.6 Å². The second-order valence-corrected chi connectivity index (χ2v) is 6.57. The molecule has 0 bridgehead atoms. The van der Waals surface area contributed by atoms with Crippen molar-refractivity contribution in [1.29, 1.82) is 0 Å². The van der Waals surface area contributed by atoms with Gasteiger partial charge in [-0.25, -0.2) is 9.59 Å². The van der Waals surface area contributed by atoms with Gasteiger partial charge in [0.05, 0.1) is 0 Å². The highest BCUT2D eigenvalue weighted by Gasteiger charge is 2.12. The summed E-state index contributed by atoms with van der Waals surface area (Å²) < 4.78 is 10.2. The van der Waals surface area contributed by atoms with Gasteiger partial charge < -0.3 is 14.8 Å². The lowest BCUT2D eigenvalue weighted by molar-refractivity contribution is -0.150. The van der Waals surface area contributed by atoms with Crippen LogP contribution >= 0.6 is 0 Å². The maximum absolute atomic E-state index is 11.8. The van der Waals surface area contributed by atoms with E-state index in [4.69, 9.17) is 9.47 Å². The number of anilines is 1. The van der Waals surface area contributed by atoms with Crippen molar-refractivity contribution < 1.29 is 23.9 Å². The molecule has 0 fully saturated rings. The minimum absolute atomic E-state index is 0.328. The molecule has 0 spiro atoms. The SMILES string of the molecule is Cc1cc(C)cc(OCC(=O)OCC(=O)NC(=O)Nc2ccc(C)c(C)c2)c1. The van der Waals surface area contributed by atoms with E-state index in [1.807, 2.05) is 39.8 Å². The number of rotatable bonds is 6. The van der Waals surface area contributed by atoms with Crippen molar-refractivity contribution >= 4 is 23.6 Å². The third kappa shape index (κ3) is 6.75. The van der Waals surface area contributed by atoms with Crippen LogP contribution in [-0.2, 0) is 14.3 Å². The fraction of sp³-hybridized carbons (Fsp3) is 0.286. The first kappa shape index (κ1) is 21.0. The molecule has 0 aromatic heterocycles. The monoisotopic (exact) mass is 384 g/mol. The number of hydrogen-bond donors (Lipinski definition) is 2. The van der Waals surface area contributed by atoms with Crippen LogP contribution in [0.25, 0.3) is 0 Å². The van der Waals surface area contributed by atoms with Crippen molar-refractivity contribution in [1.82, 2.24) is 5.32 Å². The van der Waals surface area contributed by atoms with E-state index in [9.17, 15) is 14.4 Å². The Morgan fingerprint density at radius 2 is 1.54 bits per heavy atom. The first-order valence-corrected chi connectivity index (χ1v) is 8.78. The molecule has 3 amide bonds. The van der Waals surface area contributed by atoms with E-state index in [-0.39, 0.29) is 6.61 Å². The van der Waals surface area contributed by atoms with E-state index in [1.165, 1.54) is 0 Å². The molecule has 0 aliphatic carbocycles. The number of aryl methyl sites for hydroxylation is 4. The molecule has 148 valence electrons. The number of amides is 3. The van der Waals surface area contributed by atoms with E-state index < -0.39 is 24.5 Å². The normalized spacial score (nSPS) is 10.1. The summed E-state index contributed by atoms with van der Waals surface area (Å²) >= 11 is 0. The fourth-order valence-electron chi connectivity index (χ4n) is 2.49. The zero-order valence-corrected chi connectivity index (χ0v) is 16.4. The van der Waals surface area contributed by atoms with Crippen molar-refractivity contribution in [3.05, 3.63) is 58.7 Å². The van der Waals surface area contributed by atoms with Crippen LogP contribution in [0.15, 0.2) is 36.4 Å². The van der Waals surface area contributed by atoms with Crippen molar-refractivity contribution in [3.8, 4) is 5.75 Å². The number of nitrogens with one attached hydrogen (secondary N) is 2. The standard InChI is InChI=1S/C21H24N2O5/c1-13-7-14(2)9-18(8-13)27-12-20(25)28-11-19(24)23-21(26)22-17-6-5-15(3)16(4)10-17/h5-10H,11-12H2,1-4H3,(H2,22,23,24,26). The smallest absolute Gasteiger partial charge is 0.344 e. The number of imide groups is 1. The van der Waals surface area contributed by atoms with Gasteiger partial charge in [-0.3, -0.25) is 10.1 Å². The first-order chi connectivity index (χ1) is 13.2. The van der Waals surface area contributed by atoms with Crippen molar-refractivity contribution in [2.24, 2.45) is 0 Å². The molecule has 7 heteroatoms. The Bertz CT molecular complexity index is 872. The summed E-state index contributed by atoms with van der Waals surface area (Å²) in [6.07, 6.45) is 0. The van der Waals surface area contributed by atoms with Gasteiger partial charge in [-0.15, -0.1) is 0 Å². The predicted octanol–water partition coefficient (Wildman–Crippen LogP) is 3.19. The van der Waals surface area contributed by atoms with Crippen LogP contribution in [0, 0.1) is 27.7 Å². The van der Waals surface area contributed by atoms with Crippen molar-refractivity contribution in [2.75, 3.05) is 18.5 Å². The lowest BCUT2D eigenvalue weighted by Crippen LogP contribution is -2.37. The van der Waals surface area contributed by atoms with Gasteiger partial charge in [-0.2, -0.15) is 0 Å². The third-order valence-corrected chi connectivity index (χ3v) is 3.93. The molecule has 28 heavy (non-hydrogen) atoms. The van der Waals surface area contributed by atoms with Gasteiger partial charge in [0.2, 0.25) is 0 Å². The quantitative estimate of drug-likeness (QED) is 0.746. The molecule has 0 saturated carbocycles. The summed E-state index contributed by atoms with van der Waals surface area (Å²) in [6, 6.07) is 10.3. The molecule has 0 aliphatic rings. The van der Waals surface area contributed by atoms with Gasteiger partial charge >= 0.3 is 12.0 Å². The second-order valence-electron chi connectivity index (χ2n) is 6.57. The predicted molar refractivity (Wildman–Crippen MR) is 105 cm³/mol. The van der Waals surface area contributed by atoms with E-state index in [0.29, 0.717) is 11.4 Å². The van der Waals surface area contributed by atoms with Crippen LogP contribution in [0.3, 0.4) is 0 Å². The number of urea groups is 1. The van der Waals surface area contributed by atoms with Gasteiger partial charge in [0.1, 0.15) is 5.75 Å². The molecule has 0 unspecified atom stereocenters. The highest BCUT2D eigenvalue weighted by molar-refractivity contribution is 6.01. The van der Waals surface area contributed by atoms with E-state index in [1.54, 1.807) is 24.3 Å². The molecule has 2 aromatic rings. The number of benzene rings is 2. The average molecular weight is 384 g/mol. The molecule has 0 radical (unpaired) electrons. The molecule has 2 aromatic carbocycles. The number of ether oxygens (including phenoxy) is 2. The van der Waals surface area contributed by atoms with Gasteiger partial charge in [0.15, 0.2) is 13.2 Å². The fourth-order valence-corrected chi connectivity index (χ4v) is 2.49. The van der Waals surface area contributed by atoms with Crippen LogP contribution in [0.4, 0.5) is 10.5 Å². The third-order valence-electron chi connectivity index (χ3n) is 3.93. The summed E-state index contributed by atoms with van der Waals surface area (Å²) in [4.78, 5) is 35.3. The largest absolute Gasteiger partial charge is 0.482 e. The minimum Gasteiger partial charge on any atom is -0.482 e. The molecule has 0 heterocycles. The number of hydrogen-bond acceptors (Lipinski definition) is 5. The van der Waals surface area contributed by atoms with Gasteiger partial charge in [0.25, 0.3) is 5.91 Å². The summed E-state index contributed by atoms with van der Waals surface area (Å²) in [7, 11) is 0. The highest BCUT2D eigenvalue weighted by Crippen LogP contribution is 2.16. The van der Waals surface area contributed by atoms with E-state index >= 15 is 0 Å². The molecular weight excluding hydrogens is 360 g/mol. The van der Waals surface area contributed by atoms with Crippen LogP contribution < -0.4 is 15.4 Å². The Kier molecular flexibility index (Phi) is 7.14. The van der Waals surface area contributed by atoms with Crippen molar-refractivity contribution in [2.45, 2.75) is 27.7 Å². The van der Waals surface area contributed by atoms with Crippen molar-refractivity contribution in [3.63, 3.8) is 0 Å². The minimum atomic E-state index is -0.735. The Hall–Kier alpha value is -3.35. The number of esters is 1. The topological polar surface area (TPSA) is 93.7 Å². The lowest BCUT2D eigenvalue weighted by Gasteiger charge is -2.10. The molecule has 7 nitrogen and oxygen atoms in total. The summed E-state index contributed by atoms with van der Waals surface area (Å²) in [5, 5.41) is 4.65. The molecule has 0 atom stereocenters. The maximum atomic E-state index is 11.8. The summed E-state index contributed by atoms with van der Waals surface area (Å²) in [5.41, 5.74) is 4.70. The van der Waals surface area contributed by atoms with Gasteiger partial charge in [0, 0.05) is 5.69 Å². The maximum Gasteiger partial charge on any atom is 0.344 e. The number of carbonyl (C=O) groups is 3. The summed E-state index contributed by atoms with van der Waals surface area (Å²) in [5.74, 6) is -0.892. The zero-order valence-electron chi connectivity index (χ0n) is 16.4. The van der Waals surface area contributed by atoms with Gasteiger partial charge in [-0.05, 0) is 74.2 Å². The molecule has 2 N–H and O–H groups in total. The zero-order chi connectivity index (χ0) is 20.7. The van der Waals surface area contributed by atoms with Gasteiger partial charge in [-0.1, -0.05) is 12.1 Å². The Morgan fingerprint density at radius 1 is 0.857 bits per heavy atom. The van der Waals surface area contributed by atoms with Crippen LogP contribution in [-0.4, -0.2) is 31.1 Å². The van der Waals surface area contributed by atoms with Crippen LogP contribution in [0.2, 0.25) is 0 Å².